The SMILES string of the molecule is O=P([O-])([O-])OP(=O)([O-])OP(=O)([O-])OC[C@H]1O[C@@H](n2cnc3c(Cl)ncnc32)[C@H](O)[C@@H]1O.[Na+].[Na+].[Na+].[Na+]. The van der Waals surface area contributed by atoms with Crippen molar-refractivity contribution in [2.75, 3.05) is 6.61 Å². The predicted octanol–water partition coefficient (Wildman–Crippen LogP) is -15.1. The van der Waals surface area contributed by atoms with Crippen LogP contribution in [0.15, 0.2) is 12.7 Å². The van der Waals surface area contributed by atoms with E-state index < -0.39 is 54.6 Å². The first kappa shape index (κ1) is 40.3. The van der Waals surface area contributed by atoms with E-state index in [4.69, 9.17) is 16.3 Å². The first-order chi connectivity index (χ1) is 14.2. The predicted molar refractivity (Wildman–Crippen MR) is 87.2 cm³/mol. The number of imidazole rings is 1. The van der Waals surface area contributed by atoms with Crippen LogP contribution in [0, 0.1) is 0 Å². The largest absolute Gasteiger partial charge is 1.00 e. The quantitative estimate of drug-likeness (QED) is 0.159. The molecule has 1 aliphatic heterocycles. The topological polar surface area (TPSA) is 264 Å². The van der Waals surface area contributed by atoms with E-state index in [9.17, 15) is 43.5 Å². The van der Waals surface area contributed by atoms with Crippen LogP contribution in [-0.2, 0) is 31.6 Å². The molecule has 0 bridgehead atoms. The Morgan fingerprint density at radius 3 is 2.14 bits per heavy atom. The second-order valence-corrected chi connectivity index (χ2v) is 10.4. The van der Waals surface area contributed by atoms with Gasteiger partial charge in [0.2, 0.25) is 0 Å². The van der Waals surface area contributed by atoms with Crippen molar-refractivity contribution < 1.29 is 180 Å². The van der Waals surface area contributed by atoms with Gasteiger partial charge in [-0.05, 0) is 0 Å². The standard InChI is InChI=1S/C10H14ClN4O13P3.4Na/c11-8-5-9(13-2-12-8)15(3-14-5)10-7(17)6(16)4(26-10)1-25-30(21,22)28-31(23,24)27-29(18,19)20;;;;/h2-4,6-7,10,16-17H,1H2,(H,21,22)(H,23,24)(H2,18,19,20);;;;/q;4*+1/p-4/t4-,6-,7-,10-;;;;/m1..../s1. The summed E-state index contributed by atoms with van der Waals surface area (Å²) >= 11 is 5.87. The monoisotopic (exact) mass is 614 g/mol. The number of hydrogen-bond donors (Lipinski definition) is 2. The average molecular weight is 615 g/mol. The maximum absolute atomic E-state index is 11.6. The molecule has 2 unspecified atom stereocenters. The van der Waals surface area contributed by atoms with Crippen LogP contribution in [0.5, 0.6) is 0 Å². The summed E-state index contributed by atoms with van der Waals surface area (Å²) in [5, 5.41) is 20.3. The number of rotatable bonds is 8. The second-order valence-electron chi connectivity index (χ2n) is 5.84. The molecule has 0 aromatic carbocycles. The number of fused-ring (bicyclic) bond motifs is 1. The molecule has 3 rings (SSSR count). The van der Waals surface area contributed by atoms with Crippen LogP contribution in [-0.4, -0.2) is 54.7 Å². The molecule has 2 N–H and O–H groups in total. The van der Waals surface area contributed by atoms with Crippen molar-refractivity contribution in [1.29, 1.82) is 0 Å². The van der Waals surface area contributed by atoms with Gasteiger partial charge in [-0.1, -0.05) is 11.6 Å². The third-order valence-corrected chi connectivity index (χ3v) is 7.66. The normalized spacial score (nSPS) is 25.2. The van der Waals surface area contributed by atoms with Gasteiger partial charge in [0.15, 0.2) is 17.0 Å². The van der Waals surface area contributed by atoms with Gasteiger partial charge >= 0.3 is 118 Å². The van der Waals surface area contributed by atoms with Gasteiger partial charge in [-0.15, -0.1) is 0 Å². The Kier molecular flexibility index (Phi) is 18.3. The van der Waals surface area contributed by atoms with Crippen molar-refractivity contribution in [2.24, 2.45) is 0 Å². The van der Waals surface area contributed by atoms with E-state index in [1.807, 2.05) is 0 Å². The van der Waals surface area contributed by atoms with Crippen molar-refractivity contribution in [3.05, 3.63) is 17.8 Å². The van der Waals surface area contributed by atoms with Crippen LogP contribution in [0.3, 0.4) is 0 Å². The minimum atomic E-state index is -6.14. The molecule has 35 heavy (non-hydrogen) atoms. The molecule has 0 saturated carbocycles. The Labute approximate surface area is 290 Å². The van der Waals surface area contributed by atoms with Gasteiger partial charge in [0.1, 0.15) is 30.2 Å². The summed E-state index contributed by atoms with van der Waals surface area (Å²) in [6, 6.07) is 0. The zero-order valence-corrected chi connectivity index (χ0v) is 30.0. The zero-order chi connectivity index (χ0) is 23.2. The molecule has 3 heterocycles. The molecule has 6 atom stereocenters. The molecule has 2 aromatic heterocycles. The van der Waals surface area contributed by atoms with Crippen LogP contribution >= 0.6 is 35.1 Å². The van der Waals surface area contributed by atoms with Crippen molar-refractivity contribution in [3.8, 4) is 0 Å². The van der Waals surface area contributed by atoms with Gasteiger partial charge in [0, 0.05) is 0 Å². The maximum Gasteiger partial charge on any atom is 1.00 e. The van der Waals surface area contributed by atoms with E-state index in [1.54, 1.807) is 0 Å². The van der Waals surface area contributed by atoms with Crippen LogP contribution in [0.2, 0.25) is 5.15 Å². The number of aliphatic hydroxyl groups is 2. The van der Waals surface area contributed by atoms with Crippen LogP contribution in [0.1, 0.15) is 6.23 Å². The molecule has 17 nitrogen and oxygen atoms in total. The molecule has 1 saturated heterocycles. The molecular weight excluding hydrogens is 604 g/mol. The molecule has 2 aromatic rings. The fourth-order valence-corrected chi connectivity index (χ4v) is 5.60. The van der Waals surface area contributed by atoms with Crippen LogP contribution < -0.4 is 138 Å². The third kappa shape index (κ3) is 11.1. The molecule has 0 spiro atoms. The smallest absolute Gasteiger partial charge is 0.790 e. The summed E-state index contributed by atoms with van der Waals surface area (Å²) in [6.45, 7) is -1.08. The Balaban J connectivity index is 0. The Morgan fingerprint density at radius 2 is 1.57 bits per heavy atom. The van der Waals surface area contributed by atoms with Crippen molar-refractivity contribution in [2.45, 2.75) is 24.5 Å². The van der Waals surface area contributed by atoms with Gasteiger partial charge in [-0.2, -0.15) is 0 Å². The summed E-state index contributed by atoms with van der Waals surface area (Å²) in [7, 11) is -18.1. The van der Waals surface area contributed by atoms with Crippen LogP contribution in [0.4, 0.5) is 0 Å². The minimum Gasteiger partial charge on any atom is -0.790 e. The fourth-order valence-electron chi connectivity index (χ4n) is 2.55. The molecule has 0 aliphatic carbocycles. The molecule has 0 radical (unpaired) electrons. The van der Waals surface area contributed by atoms with Crippen molar-refractivity contribution in [1.82, 2.24) is 19.5 Å². The van der Waals surface area contributed by atoms with Gasteiger partial charge in [0.25, 0.3) is 15.6 Å². The van der Waals surface area contributed by atoms with E-state index in [0.29, 0.717) is 0 Å². The molecule has 1 fully saturated rings. The number of aliphatic hydroxyl groups excluding tert-OH is 2. The number of phosphoric acid groups is 3. The Bertz CT molecular complexity index is 1130. The summed E-state index contributed by atoms with van der Waals surface area (Å²) in [5.41, 5.74) is 0.256. The number of aromatic nitrogens is 4. The van der Waals surface area contributed by atoms with E-state index in [0.717, 1.165) is 12.7 Å². The zero-order valence-electron chi connectivity index (χ0n) is 18.6. The maximum atomic E-state index is 11.6. The summed E-state index contributed by atoms with van der Waals surface area (Å²) in [4.78, 5) is 54.9. The summed E-state index contributed by atoms with van der Waals surface area (Å²) in [5.74, 6) is 0. The number of hydrogen-bond acceptors (Lipinski definition) is 16. The third-order valence-electron chi connectivity index (χ3n) is 3.72. The van der Waals surface area contributed by atoms with Crippen LogP contribution in [0.25, 0.3) is 11.2 Å². The molecule has 1 aliphatic rings. The summed E-state index contributed by atoms with van der Waals surface area (Å²) in [6.07, 6.45) is -4.01. The number of halogens is 1. The van der Waals surface area contributed by atoms with E-state index >= 15 is 0 Å². The molecule has 174 valence electrons. The fraction of sp³-hybridized carbons (Fsp3) is 0.500. The van der Waals surface area contributed by atoms with E-state index in [1.165, 1.54) is 4.57 Å². The molecule has 0 amide bonds. The Hall–Kier alpha value is 3.13. The number of nitrogens with zero attached hydrogens (tertiary/aromatic N) is 4. The van der Waals surface area contributed by atoms with Gasteiger partial charge in [0.05, 0.1) is 20.8 Å². The van der Waals surface area contributed by atoms with E-state index in [-0.39, 0.29) is 135 Å². The summed E-state index contributed by atoms with van der Waals surface area (Å²) < 4.78 is 50.2. The first-order valence-electron chi connectivity index (χ1n) is 7.75. The average Bonchev–Trinajstić information content (AvgIpc) is 3.13. The van der Waals surface area contributed by atoms with Crippen molar-refractivity contribution in [3.63, 3.8) is 0 Å². The van der Waals surface area contributed by atoms with Crippen molar-refractivity contribution >= 4 is 46.2 Å². The number of ether oxygens (including phenoxy) is 1. The van der Waals surface area contributed by atoms with Gasteiger partial charge < -0.3 is 43.6 Å². The van der Waals surface area contributed by atoms with Gasteiger partial charge in [-0.25, -0.2) is 19.3 Å². The van der Waals surface area contributed by atoms with E-state index in [2.05, 4.69) is 28.1 Å². The van der Waals surface area contributed by atoms with Gasteiger partial charge in [-0.3, -0.25) is 18.0 Å². The number of phosphoric ester groups is 1. The molecular formula is C10H10ClN4Na4O13P3. The Morgan fingerprint density at radius 1 is 0.971 bits per heavy atom. The minimum absolute atomic E-state index is 0. The first-order valence-corrected chi connectivity index (χ1v) is 12.5. The molecule has 25 heteroatoms. The second kappa shape index (κ2) is 15.9.